The van der Waals surface area contributed by atoms with E-state index in [9.17, 15) is 19.5 Å². The van der Waals surface area contributed by atoms with E-state index in [0.717, 1.165) is 33.7 Å². The molecule has 0 spiro atoms. The molecule has 5 rings (SSSR count). The number of carbonyl (C=O) groups is 3. The summed E-state index contributed by atoms with van der Waals surface area (Å²) in [7, 11) is 0. The molecule has 262 valence electrons. The second kappa shape index (κ2) is 18.4. The number of nitrogens with one attached hydrogen (secondary N) is 3. The van der Waals surface area contributed by atoms with Gasteiger partial charge in [0.25, 0.3) is 0 Å². The third-order valence-electron chi connectivity index (χ3n) is 8.21. The third-order valence-corrected chi connectivity index (χ3v) is 9.35. The van der Waals surface area contributed by atoms with Crippen LogP contribution in [0.2, 0.25) is 0 Å². The molecule has 6 N–H and O–H groups in total. The van der Waals surface area contributed by atoms with Gasteiger partial charge in [-0.15, -0.1) is 11.8 Å². The van der Waals surface area contributed by atoms with Crippen LogP contribution in [0.15, 0.2) is 102 Å². The van der Waals surface area contributed by atoms with Crippen LogP contribution in [0.25, 0.3) is 0 Å². The molecule has 11 heteroatoms. The molecule has 0 aromatic heterocycles. The third kappa shape index (κ3) is 11.2. The summed E-state index contributed by atoms with van der Waals surface area (Å²) in [6.07, 6.45) is 2.38. The number of rotatable bonds is 15. The van der Waals surface area contributed by atoms with E-state index in [-0.39, 0.29) is 36.5 Å². The molecule has 1 fully saturated rings. The van der Waals surface area contributed by atoms with Crippen molar-refractivity contribution in [3.63, 3.8) is 0 Å². The van der Waals surface area contributed by atoms with Crippen molar-refractivity contribution in [1.29, 1.82) is 0 Å². The van der Waals surface area contributed by atoms with Crippen LogP contribution in [-0.4, -0.2) is 34.7 Å². The summed E-state index contributed by atoms with van der Waals surface area (Å²) >= 11 is 1.67. The van der Waals surface area contributed by atoms with E-state index in [1.165, 1.54) is 6.92 Å². The van der Waals surface area contributed by atoms with Crippen molar-refractivity contribution in [1.82, 2.24) is 0 Å². The fourth-order valence-corrected chi connectivity index (χ4v) is 6.53. The Kier molecular flexibility index (Phi) is 13.4. The minimum atomic E-state index is -0.659. The highest BCUT2D eigenvalue weighted by atomic mass is 32.2. The number of thioether (sulfide) groups is 1. The van der Waals surface area contributed by atoms with Crippen LogP contribution in [-0.2, 0) is 30.5 Å². The Labute approximate surface area is 297 Å². The quantitative estimate of drug-likeness (QED) is 0.0485. The van der Waals surface area contributed by atoms with Gasteiger partial charge in [-0.3, -0.25) is 14.4 Å². The molecule has 1 saturated heterocycles. The Morgan fingerprint density at radius 2 is 1.50 bits per heavy atom. The number of nitrogen functional groups attached to an aromatic ring is 1. The lowest BCUT2D eigenvalue weighted by Gasteiger charge is -2.36. The molecule has 0 unspecified atom stereocenters. The number of hydrogen-bond acceptors (Lipinski definition) is 8. The SMILES string of the molecule is CC(=O)Nc1ccc(SC[C@H]2C[C@@H](c3ccc(CO)cc3)O[C@@H](c3cccc(NC(=O)CCCCCC(=O)Nc4ccccc4N)c3)O2)cc1. The predicted octanol–water partition coefficient (Wildman–Crippen LogP) is 7.58. The van der Waals surface area contributed by atoms with Crippen molar-refractivity contribution in [2.45, 2.75) is 75.4 Å². The lowest BCUT2D eigenvalue weighted by molar-refractivity contribution is -0.245. The highest BCUT2D eigenvalue weighted by Gasteiger charge is 2.32. The second-order valence-corrected chi connectivity index (χ2v) is 13.3. The number of benzene rings is 4. The van der Waals surface area contributed by atoms with Crippen molar-refractivity contribution in [2.75, 3.05) is 27.4 Å². The normalized spacial score (nSPS) is 17.1. The number of anilines is 4. The summed E-state index contributed by atoms with van der Waals surface area (Å²) in [4.78, 5) is 37.5. The molecule has 4 aromatic rings. The summed E-state index contributed by atoms with van der Waals surface area (Å²) in [6, 6.07) is 30.1. The van der Waals surface area contributed by atoms with Crippen LogP contribution >= 0.6 is 11.8 Å². The average Bonchev–Trinajstić information content (AvgIpc) is 3.12. The summed E-state index contributed by atoms with van der Waals surface area (Å²) < 4.78 is 13.0. The molecule has 0 aliphatic carbocycles. The van der Waals surface area contributed by atoms with E-state index in [1.54, 1.807) is 23.9 Å². The van der Waals surface area contributed by atoms with Crippen molar-refractivity contribution in [3.8, 4) is 0 Å². The number of aliphatic hydroxyl groups excluding tert-OH is 1. The van der Waals surface area contributed by atoms with E-state index in [4.69, 9.17) is 15.2 Å². The van der Waals surface area contributed by atoms with Crippen molar-refractivity contribution in [2.24, 2.45) is 0 Å². The van der Waals surface area contributed by atoms with Gasteiger partial charge >= 0.3 is 0 Å². The minimum absolute atomic E-state index is 0.0299. The van der Waals surface area contributed by atoms with Crippen LogP contribution in [0, 0.1) is 0 Å². The van der Waals surface area contributed by atoms with Gasteiger partial charge < -0.3 is 36.3 Å². The first-order chi connectivity index (χ1) is 24.2. The van der Waals surface area contributed by atoms with Gasteiger partial charge in [-0.1, -0.05) is 55.0 Å². The maximum Gasteiger partial charge on any atom is 0.224 e. The average molecular weight is 697 g/mol. The summed E-state index contributed by atoms with van der Waals surface area (Å²) in [5.41, 5.74) is 11.0. The standard InChI is InChI=1S/C39H44N4O6S/c1-26(45)41-30-18-20-33(21-19-30)50-25-32-23-36(28-16-14-27(24-44)15-17-28)49-39(48-32)29-8-7-9-31(22-29)42-37(46)12-3-2-4-13-38(47)43-35-11-6-5-10-34(35)40/h5-11,14-22,32,36,39,44H,2-4,12-13,23-25,40H2,1H3,(H,41,45)(H,42,46)(H,43,47)/t32-,36+,39+/m1/s1. The van der Waals surface area contributed by atoms with E-state index in [2.05, 4.69) is 16.0 Å². The van der Waals surface area contributed by atoms with Gasteiger partial charge in [0.05, 0.1) is 30.2 Å². The Morgan fingerprint density at radius 3 is 2.20 bits per heavy atom. The number of hydrogen-bond donors (Lipinski definition) is 5. The van der Waals surface area contributed by atoms with Crippen LogP contribution in [0.4, 0.5) is 22.7 Å². The molecule has 10 nitrogen and oxygen atoms in total. The molecule has 50 heavy (non-hydrogen) atoms. The molecule has 4 aromatic carbocycles. The first kappa shape index (κ1) is 36.6. The summed E-state index contributed by atoms with van der Waals surface area (Å²) in [6.45, 7) is 1.45. The lowest BCUT2D eigenvalue weighted by Crippen LogP contribution is -2.31. The Bertz CT molecular complexity index is 1730. The Hall–Kier alpha value is -4.68. The highest BCUT2D eigenvalue weighted by Crippen LogP contribution is 2.40. The molecule has 1 heterocycles. The first-order valence-corrected chi connectivity index (χ1v) is 17.8. The summed E-state index contributed by atoms with van der Waals surface area (Å²) in [5, 5.41) is 18.1. The second-order valence-electron chi connectivity index (χ2n) is 12.2. The predicted molar refractivity (Wildman–Crippen MR) is 198 cm³/mol. The van der Waals surface area contributed by atoms with Crippen molar-refractivity contribution < 1.29 is 29.0 Å². The topological polar surface area (TPSA) is 152 Å². The largest absolute Gasteiger partial charge is 0.397 e. The van der Waals surface area contributed by atoms with Crippen LogP contribution in [0.5, 0.6) is 0 Å². The number of carbonyl (C=O) groups excluding carboxylic acids is 3. The molecule has 0 radical (unpaired) electrons. The maximum absolute atomic E-state index is 12.8. The molecule has 1 aliphatic heterocycles. The monoisotopic (exact) mass is 696 g/mol. The lowest BCUT2D eigenvalue weighted by atomic mass is 10.0. The highest BCUT2D eigenvalue weighted by molar-refractivity contribution is 7.99. The number of ether oxygens (including phenoxy) is 2. The minimum Gasteiger partial charge on any atom is -0.397 e. The zero-order chi connectivity index (χ0) is 35.3. The molecule has 1 aliphatic rings. The Morgan fingerprint density at radius 1 is 0.780 bits per heavy atom. The van der Waals surface area contributed by atoms with Crippen LogP contribution < -0.4 is 21.7 Å². The number of aliphatic hydroxyl groups is 1. The van der Waals surface area contributed by atoms with E-state index >= 15 is 0 Å². The summed E-state index contributed by atoms with van der Waals surface area (Å²) in [5.74, 6) is 0.370. The first-order valence-electron chi connectivity index (χ1n) is 16.8. The van der Waals surface area contributed by atoms with E-state index < -0.39 is 6.29 Å². The molecule has 3 atom stereocenters. The number of para-hydroxylation sites is 2. The molecule has 0 saturated carbocycles. The number of amides is 3. The molecule has 3 amide bonds. The van der Waals surface area contributed by atoms with E-state index in [1.807, 2.05) is 84.9 Å². The van der Waals surface area contributed by atoms with Gasteiger partial charge in [-0.05, 0) is 72.5 Å². The number of nitrogens with two attached hydrogens (primary N) is 1. The Balaban J connectivity index is 1.15. The van der Waals surface area contributed by atoms with Crippen LogP contribution in [0.1, 0.15) is 74.5 Å². The van der Waals surface area contributed by atoms with Crippen molar-refractivity contribution >= 4 is 52.2 Å². The van der Waals surface area contributed by atoms with Gasteiger partial charge in [-0.2, -0.15) is 0 Å². The van der Waals surface area contributed by atoms with Gasteiger partial charge in [0.15, 0.2) is 6.29 Å². The maximum atomic E-state index is 12.8. The number of unbranched alkanes of at least 4 members (excludes halogenated alkanes) is 2. The van der Waals surface area contributed by atoms with E-state index in [0.29, 0.717) is 54.9 Å². The smallest absolute Gasteiger partial charge is 0.224 e. The fourth-order valence-electron chi connectivity index (χ4n) is 5.61. The zero-order valence-corrected chi connectivity index (χ0v) is 28.9. The fraction of sp³-hybridized carbons (Fsp3) is 0.308. The van der Waals surface area contributed by atoms with Gasteiger partial charge in [0.2, 0.25) is 17.7 Å². The molecular weight excluding hydrogens is 653 g/mol. The van der Waals surface area contributed by atoms with Gasteiger partial charge in [-0.25, -0.2) is 0 Å². The van der Waals surface area contributed by atoms with Gasteiger partial charge in [0, 0.05) is 53.8 Å². The van der Waals surface area contributed by atoms with Crippen LogP contribution in [0.3, 0.4) is 0 Å². The molecule has 0 bridgehead atoms. The zero-order valence-electron chi connectivity index (χ0n) is 28.1. The van der Waals surface area contributed by atoms with Gasteiger partial charge in [0.1, 0.15) is 0 Å². The molecular formula is C39H44N4O6S. The van der Waals surface area contributed by atoms with Crippen molar-refractivity contribution in [3.05, 3.63) is 114 Å².